The molecule has 3 rings (SSSR count). The van der Waals surface area contributed by atoms with E-state index in [2.05, 4.69) is 6.08 Å². The summed E-state index contributed by atoms with van der Waals surface area (Å²) >= 11 is 0. The number of halogens is 1. The second-order valence-electron chi connectivity index (χ2n) is 6.60. The van der Waals surface area contributed by atoms with Gasteiger partial charge in [-0.2, -0.15) is 0 Å². The Kier molecular flexibility index (Phi) is 6.18. The van der Waals surface area contributed by atoms with Gasteiger partial charge in [-0.1, -0.05) is 48.5 Å². The van der Waals surface area contributed by atoms with Gasteiger partial charge >= 0.3 is 5.97 Å². The molecule has 0 saturated heterocycles. The molecule has 1 atom stereocenters. The minimum atomic E-state index is -1.31. The Morgan fingerprint density at radius 3 is 2.62 bits per heavy atom. The van der Waals surface area contributed by atoms with Crippen LogP contribution in [-0.2, 0) is 22.6 Å². The van der Waals surface area contributed by atoms with E-state index in [9.17, 15) is 14.3 Å². The highest BCUT2D eigenvalue weighted by Crippen LogP contribution is 2.29. The first kappa shape index (κ1) is 18.3. The van der Waals surface area contributed by atoms with Gasteiger partial charge in [-0.25, -0.2) is 9.18 Å². The largest absolute Gasteiger partial charge is 0.459 e. The summed E-state index contributed by atoms with van der Waals surface area (Å²) in [6, 6.07) is 14.2. The van der Waals surface area contributed by atoms with E-state index in [-0.39, 0.29) is 18.8 Å². The van der Waals surface area contributed by atoms with E-state index in [1.165, 1.54) is 6.07 Å². The zero-order chi connectivity index (χ0) is 18.4. The van der Waals surface area contributed by atoms with E-state index in [1.807, 2.05) is 30.3 Å². The molecule has 136 valence electrons. The summed E-state index contributed by atoms with van der Waals surface area (Å²) in [5.41, 5.74) is 3.09. The molecule has 0 amide bonds. The Labute approximate surface area is 153 Å². The molecule has 1 N–H and O–H groups in total. The zero-order valence-corrected chi connectivity index (χ0v) is 14.7. The molecule has 2 aromatic rings. The highest BCUT2D eigenvalue weighted by atomic mass is 19.1. The van der Waals surface area contributed by atoms with E-state index in [4.69, 9.17) is 4.74 Å². The van der Waals surface area contributed by atoms with E-state index >= 15 is 0 Å². The average molecular weight is 354 g/mol. The maximum Gasteiger partial charge on any atom is 0.335 e. The van der Waals surface area contributed by atoms with Gasteiger partial charge in [0.1, 0.15) is 12.4 Å². The van der Waals surface area contributed by atoms with Crippen molar-refractivity contribution in [2.75, 3.05) is 0 Å². The lowest BCUT2D eigenvalue weighted by atomic mass is 9.92. The number of allylic oxidation sites excluding steroid dienone is 2. The van der Waals surface area contributed by atoms with Crippen molar-refractivity contribution < 1.29 is 19.0 Å². The van der Waals surface area contributed by atoms with E-state index in [0.717, 1.165) is 36.8 Å². The molecule has 1 aliphatic rings. The van der Waals surface area contributed by atoms with Crippen molar-refractivity contribution in [3.05, 3.63) is 77.1 Å². The van der Waals surface area contributed by atoms with Crippen LogP contribution in [0.4, 0.5) is 4.39 Å². The van der Waals surface area contributed by atoms with Gasteiger partial charge in [0.2, 0.25) is 0 Å². The number of aliphatic hydroxyl groups is 1. The first-order valence-electron chi connectivity index (χ1n) is 9.00. The van der Waals surface area contributed by atoms with Crippen molar-refractivity contribution in [3.8, 4) is 0 Å². The van der Waals surface area contributed by atoms with Crippen LogP contribution in [0.5, 0.6) is 0 Å². The second-order valence-corrected chi connectivity index (χ2v) is 6.60. The Bertz CT molecular complexity index is 783. The molecule has 0 spiro atoms. The summed E-state index contributed by atoms with van der Waals surface area (Å²) < 4.78 is 19.5. The third-order valence-corrected chi connectivity index (χ3v) is 4.60. The fraction of sp³-hybridized carbons (Fsp3) is 0.318. The number of hydrogen-bond donors (Lipinski definition) is 1. The second kappa shape index (κ2) is 8.77. The third kappa shape index (κ3) is 4.79. The minimum Gasteiger partial charge on any atom is -0.459 e. The Hall–Kier alpha value is -2.46. The van der Waals surface area contributed by atoms with Crippen LogP contribution in [0, 0.1) is 5.82 Å². The first-order valence-corrected chi connectivity index (χ1v) is 9.00. The Morgan fingerprint density at radius 1 is 1.12 bits per heavy atom. The molecular weight excluding hydrogens is 331 g/mol. The van der Waals surface area contributed by atoms with Crippen LogP contribution in [0.2, 0.25) is 0 Å². The van der Waals surface area contributed by atoms with Gasteiger partial charge in [-0.05, 0) is 48.4 Å². The van der Waals surface area contributed by atoms with Gasteiger partial charge in [0, 0.05) is 12.0 Å². The van der Waals surface area contributed by atoms with E-state index < -0.39 is 12.1 Å². The van der Waals surface area contributed by atoms with Crippen LogP contribution in [0.3, 0.4) is 0 Å². The van der Waals surface area contributed by atoms with Gasteiger partial charge in [-0.3, -0.25) is 0 Å². The molecule has 4 heteroatoms. The van der Waals surface area contributed by atoms with Gasteiger partial charge in [-0.15, -0.1) is 0 Å². The monoisotopic (exact) mass is 354 g/mol. The van der Waals surface area contributed by atoms with Crippen molar-refractivity contribution in [1.29, 1.82) is 0 Å². The molecule has 0 heterocycles. The lowest BCUT2D eigenvalue weighted by Crippen LogP contribution is -2.25. The zero-order valence-electron chi connectivity index (χ0n) is 14.7. The van der Waals surface area contributed by atoms with Crippen molar-refractivity contribution in [2.45, 2.75) is 44.8 Å². The van der Waals surface area contributed by atoms with Gasteiger partial charge in [0.15, 0.2) is 6.10 Å². The topological polar surface area (TPSA) is 46.5 Å². The smallest absolute Gasteiger partial charge is 0.335 e. The summed E-state index contributed by atoms with van der Waals surface area (Å²) in [6.07, 6.45) is 4.94. The van der Waals surface area contributed by atoms with Crippen LogP contribution >= 0.6 is 0 Å². The fourth-order valence-corrected chi connectivity index (χ4v) is 3.16. The number of rotatable bonds is 6. The summed E-state index contributed by atoms with van der Waals surface area (Å²) in [5.74, 6) is -1.01. The molecule has 3 nitrogen and oxygen atoms in total. The quantitative estimate of drug-likeness (QED) is 0.781. The summed E-state index contributed by atoms with van der Waals surface area (Å²) in [5, 5.41) is 10.0. The number of benzene rings is 2. The summed E-state index contributed by atoms with van der Waals surface area (Å²) in [6.45, 7) is 0.109. The predicted octanol–water partition coefficient (Wildman–Crippen LogP) is 4.43. The lowest BCUT2D eigenvalue weighted by molar-refractivity contribution is -0.154. The maximum atomic E-state index is 14.4. The molecule has 0 unspecified atom stereocenters. The van der Waals surface area contributed by atoms with Crippen LogP contribution in [0.1, 0.15) is 42.4 Å². The predicted molar refractivity (Wildman–Crippen MR) is 98.8 cm³/mol. The molecule has 0 aromatic heterocycles. The number of ether oxygens (including phenoxy) is 1. The Balaban J connectivity index is 1.58. The highest BCUT2D eigenvalue weighted by molar-refractivity contribution is 5.75. The summed E-state index contributed by atoms with van der Waals surface area (Å²) in [7, 11) is 0. The highest BCUT2D eigenvalue weighted by Gasteiger charge is 2.19. The average Bonchev–Trinajstić information content (AvgIpc) is 2.67. The minimum absolute atomic E-state index is 0.0316. The van der Waals surface area contributed by atoms with Crippen molar-refractivity contribution >= 4 is 11.5 Å². The third-order valence-electron chi connectivity index (χ3n) is 4.60. The maximum absolute atomic E-state index is 14.4. The number of hydrogen-bond acceptors (Lipinski definition) is 3. The number of carbonyl (C=O) groups excluding carboxylic acids is 1. The first-order chi connectivity index (χ1) is 12.6. The molecular formula is C22H23FO3. The molecule has 2 aromatic carbocycles. The fourth-order valence-electron chi connectivity index (χ4n) is 3.16. The summed E-state index contributed by atoms with van der Waals surface area (Å²) in [4.78, 5) is 11.9. The van der Waals surface area contributed by atoms with Crippen LogP contribution in [0.25, 0.3) is 5.57 Å². The number of aliphatic hydroxyl groups excluding tert-OH is 1. The molecule has 0 saturated carbocycles. The van der Waals surface area contributed by atoms with Gasteiger partial charge < -0.3 is 9.84 Å². The van der Waals surface area contributed by atoms with Crippen LogP contribution in [-0.4, -0.2) is 17.2 Å². The Morgan fingerprint density at radius 2 is 1.92 bits per heavy atom. The number of carbonyl (C=O) groups is 1. The standard InChI is InChI=1S/C22H23FO3/c23-20-13-17(11-12-19(20)18-9-5-2-6-10-18)14-21(24)22(25)26-15-16-7-3-1-4-8-16/h1,3-4,7-9,11-13,21,24H,2,5-6,10,14-15H2/t21-/m0/s1. The van der Waals surface area contributed by atoms with Crippen molar-refractivity contribution in [2.24, 2.45) is 0 Å². The SMILES string of the molecule is O=C(OCc1ccccc1)[C@@H](O)Cc1ccc(C2=CCCCC2)c(F)c1. The molecule has 0 bridgehead atoms. The van der Waals surface area contributed by atoms with Crippen molar-refractivity contribution in [1.82, 2.24) is 0 Å². The van der Waals surface area contributed by atoms with Gasteiger partial charge in [0.25, 0.3) is 0 Å². The lowest BCUT2D eigenvalue weighted by Gasteiger charge is -2.15. The normalized spacial score (nSPS) is 15.2. The van der Waals surface area contributed by atoms with E-state index in [0.29, 0.717) is 11.1 Å². The number of esters is 1. The van der Waals surface area contributed by atoms with Crippen LogP contribution < -0.4 is 0 Å². The van der Waals surface area contributed by atoms with Crippen molar-refractivity contribution in [3.63, 3.8) is 0 Å². The molecule has 1 aliphatic carbocycles. The van der Waals surface area contributed by atoms with Crippen LogP contribution in [0.15, 0.2) is 54.6 Å². The molecule has 0 radical (unpaired) electrons. The molecule has 0 aliphatic heterocycles. The van der Waals surface area contributed by atoms with E-state index in [1.54, 1.807) is 12.1 Å². The molecule has 26 heavy (non-hydrogen) atoms. The van der Waals surface area contributed by atoms with Gasteiger partial charge in [0.05, 0.1) is 0 Å². The molecule has 0 fully saturated rings.